The number of aromatic nitrogens is 1. The van der Waals surface area contributed by atoms with E-state index < -0.39 is 22.9 Å². The Morgan fingerprint density at radius 3 is 2.90 bits per heavy atom. The van der Waals surface area contributed by atoms with Crippen molar-refractivity contribution in [3.63, 3.8) is 0 Å². The fourth-order valence-electron chi connectivity index (χ4n) is 3.27. The summed E-state index contributed by atoms with van der Waals surface area (Å²) >= 11 is 1.29. The van der Waals surface area contributed by atoms with Crippen LogP contribution in [0.5, 0.6) is 0 Å². The molecule has 0 bridgehead atoms. The van der Waals surface area contributed by atoms with Gasteiger partial charge in [-0.25, -0.2) is 9.78 Å². The third kappa shape index (κ3) is 4.06. The Hall–Kier alpha value is -3.59. The second-order valence-corrected chi connectivity index (χ2v) is 7.96. The van der Waals surface area contributed by atoms with E-state index in [9.17, 15) is 19.7 Å². The second-order valence-electron chi connectivity index (χ2n) is 6.88. The molecule has 1 atom stereocenters. The number of nitro benzene ring substituents is 1. The molecule has 0 saturated heterocycles. The molecule has 1 aliphatic heterocycles. The molecule has 0 saturated carbocycles. The normalized spacial score (nSPS) is 15.2. The number of thiazole rings is 1. The molecule has 1 aliphatic rings. The van der Waals surface area contributed by atoms with E-state index >= 15 is 0 Å². The lowest BCUT2D eigenvalue weighted by Gasteiger charge is -2.23. The number of nitrogens with one attached hydrogen (secondary N) is 1. The monoisotopic (exact) mass is 423 g/mol. The van der Waals surface area contributed by atoms with Crippen molar-refractivity contribution in [2.45, 2.75) is 25.9 Å². The molecule has 2 aromatic carbocycles. The van der Waals surface area contributed by atoms with E-state index in [1.807, 2.05) is 19.1 Å². The van der Waals surface area contributed by atoms with Crippen LogP contribution in [0.15, 0.2) is 48.5 Å². The van der Waals surface area contributed by atoms with Crippen LogP contribution in [0.2, 0.25) is 0 Å². The molecule has 0 spiro atoms. The van der Waals surface area contributed by atoms with Gasteiger partial charge < -0.3 is 4.74 Å². The molecule has 9 heteroatoms. The van der Waals surface area contributed by atoms with Crippen molar-refractivity contribution in [2.75, 3.05) is 5.32 Å². The second kappa shape index (κ2) is 8.03. The van der Waals surface area contributed by atoms with Gasteiger partial charge in [-0.05, 0) is 24.1 Å². The van der Waals surface area contributed by atoms with Crippen LogP contribution in [-0.2, 0) is 22.4 Å². The Kier molecular flexibility index (Phi) is 5.28. The van der Waals surface area contributed by atoms with E-state index in [0.717, 1.165) is 21.7 Å². The van der Waals surface area contributed by atoms with Crippen molar-refractivity contribution in [3.05, 3.63) is 85.9 Å². The molecule has 30 heavy (non-hydrogen) atoms. The highest BCUT2D eigenvalue weighted by atomic mass is 32.1. The Balaban J connectivity index is 1.46. The van der Waals surface area contributed by atoms with Gasteiger partial charge in [0.15, 0.2) is 11.2 Å². The van der Waals surface area contributed by atoms with Gasteiger partial charge in [0.05, 0.1) is 16.2 Å². The highest BCUT2D eigenvalue weighted by Gasteiger charge is 2.31. The molecule has 0 fully saturated rings. The van der Waals surface area contributed by atoms with Crippen LogP contribution in [0.25, 0.3) is 0 Å². The number of hydrogen-bond donors (Lipinski definition) is 1. The molecule has 152 valence electrons. The van der Waals surface area contributed by atoms with Crippen molar-refractivity contribution in [3.8, 4) is 0 Å². The van der Waals surface area contributed by atoms with Crippen LogP contribution in [0.4, 0.5) is 10.8 Å². The van der Waals surface area contributed by atoms with Gasteiger partial charge in [-0.3, -0.25) is 20.2 Å². The number of anilines is 1. The van der Waals surface area contributed by atoms with Crippen LogP contribution in [0.1, 0.15) is 32.1 Å². The van der Waals surface area contributed by atoms with Gasteiger partial charge in [0.1, 0.15) is 0 Å². The predicted molar refractivity (Wildman–Crippen MR) is 111 cm³/mol. The van der Waals surface area contributed by atoms with Crippen LogP contribution >= 0.6 is 11.3 Å². The fraction of sp³-hybridized carbons (Fsp3) is 0.190. The van der Waals surface area contributed by atoms with Gasteiger partial charge in [0, 0.05) is 29.9 Å². The lowest BCUT2D eigenvalue weighted by molar-refractivity contribution is -0.384. The summed E-state index contributed by atoms with van der Waals surface area (Å²) < 4.78 is 5.28. The van der Waals surface area contributed by atoms with E-state index in [1.54, 1.807) is 24.3 Å². The first-order chi connectivity index (χ1) is 14.4. The highest BCUT2D eigenvalue weighted by molar-refractivity contribution is 7.15. The lowest BCUT2D eigenvalue weighted by Crippen LogP contribution is -2.37. The van der Waals surface area contributed by atoms with Gasteiger partial charge in [0.2, 0.25) is 0 Å². The summed E-state index contributed by atoms with van der Waals surface area (Å²) in [6, 6.07) is 13.5. The average Bonchev–Trinajstić information content (AvgIpc) is 3.06. The Bertz CT molecular complexity index is 1160. The number of nitro groups is 1. The van der Waals surface area contributed by atoms with Crippen molar-refractivity contribution in [1.29, 1.82) is 0 Å². The number of amides is 1. The molecule has 8 nitrogen and oxygen atoms in total. The summed E-state index contributed by atoms with van der Waals surface area (Å²) in [5, 5.41) is 14.1. The zero-order valence-corrected chi connectivity index (χ0v) is 16.8. The summed E-state index contributed by atoms with van der Waals surface area (Å²) in [6.45, 7) is 1.82. The van der Waals surface area contributed by atoms with E-state index in [-0.39, 0.29) is 5.69 Å². The molecule has 1 unspecified atom stereocenters. The van der Waals surface area contributed by atoms with Crippen LogP contribution in [0, 0.1) is 17.0 Å². The Morgan fingerprint density at radius 1 is 1.30 bits per heavy atom. The minimum atomic E-state index is -0.920. The number of carbonyl (C=O) groups is 2. The summed E-state index contributed by atoms with van der Waals surface area (Å²) in [4.78, 5) is 40.5. The minimum absolute atomic E-state index is 0.0302. The van der Waals surface area contributed by atoms with Gasteiger partial charge in [-0.2, -0.15) is 0 Å². The molecule has 3 aromatic rings. The maximum Gasteiger partial charge on any atom is 0.339 e. The van der Waals surface area contributed by atoms with Gasteiger partial charge >= 0.3 is 5.97 Å². The minimum Gasteiger partial charge on any atom is -0.448 e. The summed E-state index contributed by atoms with van der Waals surface area (Å²) in [5.74, 6) is -0.952. The van der Waals surface area contributed by atoms with Crippen molar-refractivity contribution in [2.24, 2.45) is 0 Å². The maximum absolute atomic E-state index is 12.6. The van der Waals surface area contributed by atoms with Crippen LogP contribution in [0.3, 0.4) is 0 Å². The zero-order chi connectivity index (χ0) is 21.3. The summed E-state index contributed by atoms with van der Waals surface area (Å²) in [6.07, 6.45) is -0.150. The topological polar surface area (TPSA) is 111 Å². The SMILES string of the molecule is Cc1nc(NC(=O)C2Cc3ccccc3C(=O)O2)sc1Cc1cccc([N+](=O)[O-])c1. The highest BCUT2D eigenvalue weighted by Crippen LogP contribution is 2.27. The molecule has 1 aromatic heterocycles. The van der Waals surface area contributed by atoms with E-state index in [4.69, 9.17) is 4.74 Å². The smallest absolute Gasteiger partial charge is 0.339 e. The van der Waals surface area contributed by atoms with Crippen molar-refractivity contribution < 1.29 is 19.2 Å². The molecule has 4 rings (SSSR count). The van der Waals surface area contributed by atoms with E-state index in [1.165, 1.54) is 23.5 Å². The zero-order valence-electron chi connectivity index (χ0n) is 16.0. The number of aryl methyl sites for hydroxylation is 1. The number of cyclic esters (lactones) is 1. The molecular weight excluding hydrogens is 406 g/mol. The van der Waals surface area contributed by atoms with Crippen LogP contribution < -0.4 is 5.32 Å². The number of rotatable bonds is 5. The van der Waals surface area contributed by atoms with Gasteiger partial charge in [-0.1, -0.05) is 30.3 Å². The quantitative estimate of drug-likeness (QED) is 0.381. The van der Waals surface area contributed by atoms with Gasteiger partial charge in [-0.15, -0.1) is 11.3 Å². The summed E-state index contributed by atoms with van der Waals surface area (Å²) in [5.41, 5.74) is 2.79. The summed E-state index contributed by atoms with van der Waals surface area (Å²) in [7, 11) is 0. The van der Waals surface area contributed by atoms with E-state index in [0.29, 0.717) is 23.5 Å². The first-order valence-corrected chi connectivity index (χ1v) is 10.0. The number of nitrogens with zero attached hydrogens (tertiary/aromatic N) is 2. The molecular formula is C21H17N3O5S. The number of fused-ring (bicyclic) bond motifs is 1. The molecule has 2 heterocycles. The Labute approximate surface area is 175 Å². The first kappa shape index (κ1) is 19.7. The third-order valence-corrected chi connectivity index (χ3v) is 5.87. The number of benzene rings is 2. The molecule has 1 amide bonds. The molecule has 0 aliphatic carbocycles. The predicted octanol–water partition coefficient (Wildman–Crippen LogP) is 3.67. The Morgan fingerprint density at radius 2 is 2.10 bits per heavy atom. The average molecular weight is 423 g/mol. The standard InChI is InChI=1S/C21H17N3O5S/c1-12-18(10-13-5-4-7-15(9-13)24(27)28)30-21(22-12)23-19(25)17-11-14-6-2-3-8-16(14)20(26)29-17/h2-9,17H,10-11H2,1H3,(H,22,23,25). The fourth-order valence-corrected chi connectivity index (χ4v) is 4.27. The van der Waals surface area contributed by atoms with E-state index in [2.05, 4.69) is 10.3 Å². The van der Waals surface area contributed by atoms with Crippen molar-refractivity contribution >= 4 is 34.0 Å². The molecule has 1 N–H and O–H groups in total. The largest absolute Gasteiger partial charge is 0.448 e. The number of carbonyl (C=O) groups excluding carboxylic acids is 2. The number of non-ortho nitro benzene ring substituents is 1. The first-order valence-electron chi connectivity index (χ1n) is 9.20. The van der Waals surface area contributed by atoms with Gasteiger partial charge in [0.25, 0.3) is 11.6 Å². The number of esters is 1. The maximum atomic E-state index is 12.6. The van der Waals surface area contributed by atoms with Crippen LogP contribution in [-0.4, -0.2) is 27.9 Å². The number of ether oxygens (including phenoxy) is 1. The number of hydrogen-bond acceptors (Lipinski definition) is 7. The molecule has 0 radical (unpaired) electrons. The van der Waals surface area contributed by atoms with Crippen molar-refractivity contribution in [1.82, 2.24) is 4.98 Å². The lowest BCUT2D eigenvalue weighted by atomic mass is 9.98. The third-order valence-electron chi connectivity index (χ3n) is 4.79.